The summed E-state index contributed by atoms with van der Waals surface area (Å²) in [5.74, 6) is 2.07. The molecule has 0 atom stereocenters. The normalized spacial score (nSPS) is 11.7. The molecule has 0 spiro atoms. The molecular weight excluding hydrogens is 387 g/mol. The monoisotopic (exact) mass is 416 g/mol. The number of ether oxygens (including phenoxy) is 2. The molecule has 0 aliphatic rings. The summed E-state index contributed by atoms with van der Waals surface area (Å²) in [6.07, 6.45) is 1.76. The van der Waals surface area contributed by atoms with Crippen LogP contribution in [-0.4, -0.2) is 19.2 Å². The molecule has 2 nitrogen and oxygen atoms in total. The zero-order chi connectivity index (χ0) is 21.2. The lowest BCUT2D eigenvalue weighted by Crippen LogP contribution is -2.27. The van der Waals surface area contributed by atoms with Crippen molar-refractivity contribution < 1.29 is 9.47 Å². The third-order valence-corrected chi connectivity index (χ3v) is 8.45. The maximum atomic E-state index is 6.24. The molecule has 3 rings (SSSR count). The minimum Gasteiger partial charge on any atom is -0.497 e. The predicted molar refractivity (Wildman–Crippen MR) is 132 cm³/mol. The van der Waals surface area contributed by atoms with Crippen molar-refractivity contribution in [2.45, 2.75) is 13.8 Å². The van der Waals surface area contributed by atoms with E-state index >= 15 is 0 Å². The van der Waals surface area contributed by atoms with Crippen LogP contribution in [0.1, 0.15) is 13.8 Å². The fraction of sp³-hybridized carbons (Fsp3) is 0.148. The Morgan fingerprint density at radius 3 is 1.53 bits per heavy atom. The van der Waals surface area contributed by atoms with Gasteiger partial charge in [0, 0.05) is 5.98 Å². The van der Waals surface area contributed by atoms with Gasteiger partial charge in [-0.15, -0.1) is 0 Å². The van der Waals surface area contributed by atoms with Crippen LogP contribution < -0.4 is 15.9 Å². The summed E-state index contributed by atoms with van der Waals surface area (Å²) in [4.78, 5) is 0. The van der Waals surface area contributed by atoms with Crippen molar-refractivity contribution in [1.29, 1.82) is 0 Å². The SMILES string of the molecule is C=C(C)CO/C=C(\C)COC=P(c1ccccc1)(c1ccccc1)c1ccccc1. The molecule has 3 heteroatoms. The highest BCUT2D eigenvalue weighted by Gasteiger charge is 2.25. The van der Waals surface area contributed by atoms with Crippen LogP contribution in [0.3, 0.4) is 0 Å². The molecule has 0 saturated carbocycles. The van der Waals surface area contributed by atoms with Gasteiger partial charge in [-0.3, -0.25) is 0 Å². The first-order chi connectivity index (χ1) is 14.6. The predicted octanol–water partition coefficient (Wildman–Crippen LogP) is 5.25. The Balaban J connectivity index is 2.05. The topological polar surface area (TPSA) is 18.5 Å². The Kier molecular flexibility index (Phi) is 7.90. The fourth-order valence-corrected chi connectivity index (χ4v) is 6.74. The molecule has 3 aromatic carbocycles. The Labute approximate surface area is 180 Å². The highest BCUT2D eigenvalue weighted by atomic mass is 31.2. The van der Waals surface area contributed by atoms with Crippen molar-refractivity contribution in [3.05, 3.63) is 115 Å². The van der Waals surface area contributed by atoms with Crippen molar-refractivity contribution in [1.82, 2.24) is 0 Å². The van der Waals surface area contributed by atoms with Gasteiger partial charge in [0.25, 0.3) is 0 Å². The number of rotatable bonds is 9. The van der Waals surface area contributed by atoms with Crippen molar-refractivity contribution in [2.24, 2.45) is 0 Å². The molecular formula is C27H29O2P. The molecule has 3 aromatic rings. The van der Waals surface area contributed by atoms with E-state index in [1.807, 2.05) is 13.8 Å². The molecule has 0 aliphatic carbocycles. The summed E-state index contributed by atoms with van der Waals surface area (Å²) in [7, 11) is 0. The average molecular weight is 417 g/mol. The van der Waals surface area contributed by atoms with Gasteiger partial charge in [-0.05, 0) is 47.8 Å². The van der Waals surface area contributed by atoms with Crippen LogP contribution in [0.4, 0.5) is 0 Å². The highest BCUT2D eigenvalue weighted by Crippen LogP contribution is 2.43. The second-order valence-corrected chi connectivity index (χ2v) is 10.6. The van der Waals surface area contributed by atoms with Crippen LogP contribution in [0.15, 0.2) is 115 Å². The summed E-state index contributed by atoms with van der Waals surface area (Å²) in [6, 6.07) is 32.0. The van der Waals surface area contributed by atoms with Crippen molar-refractivity contribution in [3.63, 3.8) is 0 Å². The molecule has 0 amide bonds. The van der Waals surface area contributed by atoms with Crippen LogP contribution >= 0.6 is 6.89 Å². The van der Waals surface area contributed by atoms with Crippen LogP contribution in [0, 0.1) is 0 Å². The van der Waals surface area contributed by atoms with Crippen molar-refractivity contribution in [3.8, 4) is 0 Å². The highest BCUT2D eigenvalue weighted by molar-refractivity contribution is 7.94. The molecule has 154 valence electrons. The van der Waals surface area contributed by atoms with E-state index in [4.69, 9.17) is 9.47 Å². The minimum atomic E-state index is -2.08. The second-order valence-electron chi connectivity index (χ2n) is 7.38. The van der Waals surface area contributed by atoms with E-state index in [0.29, 0.717) is 13.2 Å². The molecule has 0 aromatic heterocycles. The van der Waals surface area contributed by atoms with E-state index in [-0.39, 0.29) is 0 Å². The van der Waals surface area contributed by atoms with Crippen LogP contribution in [-0.2, 0) is 9.47 Å². The van der Waals surface area contributed by atoms with E-state index < -0.39 is 6.89 Å². The molecule has 0 unspecified atom stereocenters. The zero-order valence-corrected chi connectivity index (χ0v) is 18.6. The Hall–Kier alpha value is -2.80. The molecule has 0 N–H and O–H groups in total. The first-order valence-corrected chi connectivity index (χ1v) is 11.9. The van der Waals surface area contributed by atoms with Gasteiger partial charge in [0.05, 0.1) is 12.9 Å². The third kappa shape index (κ3) is 5.42. The van der Waals surface area contributed by atoms with E-state index in [1.54, 1.807) is 6.26 Å². The van der Waals surface area contributed by atoms with Gasteiger partial charge >= 0.3 is 0 Å². The Morgan fingerprint density at radius 2 is 1.13 bits per heavy atom. The first-order valence-electron chi connectivity index (χ1n) is 10.1. The van der Waals surface area contributed by atoms with Gasteiger partial charge in [0.1, 0.15) is 6.61 Å². The van der Waals surface area contributed by atoms with E-state index in [0.717, 1.165) is 11.1 Å². The van der Waals surface area contributed by atoms with Crippen molar-refractivity contribution >= 4 is 28.8 Å². The largest absolute Gasteiger partial charge is 0.497 e. The Bertz CT molecular complexity index is 919. The van der Waals surface area contributed by atoms with Crippen LogP contribution in [0.25, 0.3) is 0 Å². The van der Waals surface area contributed by atoms with E-state index in [9.17, 15) is 0 Å². The van der Waals surface area contributed by atoms with E-state index in [1.165, 1.54) is 15.9 Å². The van der Waals surface area contributed by atoms with E-state index in [2.05, 4.69) is 104 Å². The lowest BCUT2D eigenvalue weighted by atomic mass is 10.3. The maximum absolute atomic E-state index is 6.24. The molecule has 0 saturated heterocycles. The minimum absolute atomic E-state index is 0.477. The Morgan fingerprint density at radius 1 is 0.700 bits per heavy atom. The third-order valence-electron chi connectivity index (χ3n) is 4.65. The number of hydrogen-bond donors (Lipinski definition) is 0. The molecule has 30 heavy (non-hydrogen) atoms. The lowest BCUT2D eigenvalue weighted by Gasteiger charge is -2.28. The summed E-state index contributed by atoms with van der Waals surface area (Å²) in [5, 5.41) is 3.80. The van der Waals surface area contributed by atoms with Gasteiger partial charge < -0.3 is 9.47 Å². The summed E-state index contributed by atoms with van der Waals surface area (Å²) in [5.41, 5.74) is 2.02. The summed E-state index contributed by atoms with van der Waals surface area (Å²) >= 11 is 0. The molecule has 0 radical (unpaired) electrons. The summed E-state index contributed by atoms with van der Waals surface area (Å²) in [6.45, 7) is 6.74. The van der Waals surface area contributed by atoms with Crippen LogP contribution in [0.2, 0.25) is 0 Å². The van der Waals surface area contributed by atoms with Gasteiger partial charge in [-0.25, -0.2) is 0 Å². The van der Waals surface area contributed by atoms with Gasteiger partial charge in [-0.2, -0.15) is 0 Å². The number of hydrogen-bond acceptors (Lipinski definition) is 2. The molecule has 0 aliphatic heterocycles. The van der Waals surface area contributed by atoms with Crippen LogP contribution in [0.5, 0.6) is 0 Å². The molecule has 0 bridgehead atoms. The second kappa shape index (κ2) is 10.8. The number of benzene rings is 3. The standard InChI is InChI=1S/C27H29O2P/c1-23(2)19-28-20-24(3)21-29-22-30(25-13-7-4-8-14-25,26-15-9-5-10-16-26)27-17-11-6-12-18-27/h4-18,20,22H,1,19,21H2,2-3H3/b24-20+. The lowest BCUT2D eigenvalue weighted by molar-refractivity contribution is 0.269. The first kappa shape index (κ1) is 21.9. The van der Waals surface area contributed by atoms with Gasteiger partial charge in [-0.1, -0.05) is 97.6 Å². The fourth-order valence-electron chi connectivity index (χ4n) is 3.26. The smallest absolute Gasteiger partial charge is 0.108 e. The summed E-state index contributed by atoms with van der Waals surface area (Å²) < 4.78 is 11.8. The zero-order valence-electron chi connectivity index (χ0n) is 17.7. The van der Waals surface area contributed by atoms with Gasteiger partial charge in [0.2, 0.25) is 0 Å². The van der Waals surface area contributed by atoms with Crippen molar-refractivity contribution in [2.75, 3.05) is 13.2 Å². The molecule has 0 heterocycles. The maximum Gasteiger partial charge on any atom is 0.108 e. The average Bonchev–Trinajstić information content (AvgIpc) is 2.78. The quantitative estimate of drug-likeness (QED) is 0.269. The van der Waals surface area contributed by atoms with Gasteiger partial charge in [0.15, 0.2) is 0 Å². The molecule has 0 fully saturated rings.